The number of fused-ring (bicyclic) bond motifs is 1. The van der Waals surface area contributed by atoms with Crippen molar-refractivity contribution >= 4 is 75.2 Å². The van der Waals surface area contributed by atoms with Crippen LogP contribution < -0.4 is 10.9 Å². The Hall–Kier alpha value is -4.16. The van der Waals surface area contributed by atoms with Crippen molar-refractivity contribution in [1.29, 1.82) is 5.26 Å². The van der Waals surface area contributed by atoms with Crippen molar-refractivity contribution in [2.24, 2.45) is 0 Å². The predicted octanol–water partition coefficient (Wildman–Crippen LogP) is 8.30. The monoisotopic (exact) mass is 647 g/mol. The van der Waals surface area contributed by atoms with Crippen LogP contribution in [0.15, 0.2) is 84.9 Å². The van der Waals surface area contributed by atoms with Crippen molar-refractivity contribution in [2.75, 3.05) is 0 Å². The van der Waals surface area contributed by atoms with Crippen molar-refractivity contribution in [2.45, 2.75) is 12.5 Å². The first-order valence-electron chi connectivity index (χ1n) is 12.9. The number of hydrogen-bond acceptors (Lipinski definition) is 5. The zero-order valence-electron chi connectivity index (χ0n) is 22.2. The highest BCUT2D eigenvalue weighted by Gasteiger charge is 2.28. The number of ketones is 1. The van der Waals surface area contributed by atoms with Gasteiger partial charge in [-0.3, -0.25) is 15.0 Å². The Balaban J connectivity index is 1.44. The Labute approximate surface area is 267 Å². The molecule has 214 valence electrons. The number of aromatic amines is 1. The number of rotatable bonds is 9. The minimum atomic E-state index is -0.754. The lowest BCUT2D eigenvalue weighted by Crippen LogP contribution is -2.43. The number of hydrogen-bond donors (Lipinski definition) is 3. The molecule has 1 amide bonds. The molecule has 0 saturated carbocycles. The van der Waals surface area contributed by atoms with Gasteiger partial charge in [0.05, 0.1) is 48.3 Å². The number of H-pyrrole nitrogens is 1. The molecule has 7 nitrogen and oxygen atoms in total. The summed E-state index contributed by atoms with van der Waals surface area (Å²) in [5.74, 6) is -0.697. The van der Waals surface area contributed by atoms with Gasteiger partial charge in [0.2, 0.25) is 0 Å². The Kier molecular flexibility index (Phi) is 9.46. The highest BCUT2D eigenvalue weighted by molar-refractivity contribution is 6.54. The van der Waals surface area contributed by atoms with Crippen molar-refractivity contribution in [1.82, 2.24) is 20.8 Å². The smallest absolute Gasteiger partial charge is 0.267 e. The van der Waals surface area contributed by atoms with E-state index in [1.165, 1.54) is 0 Å². The molecule has 4 aromatic carbocycles. The lowest BCUT2D eigenvalue weighted by molar-refractivity contribution is 0.0929. The molecule has 0 radical (unpaired) electrons. The number of hydrazine groups is 1. The molecule has 3 N–H and O–H groups in total. The molecule has 0 saturated heterocycles. The number of nitrogens with one attached hydrogen (secondary N) is 3. The number of nitrogens with zero attached hydrogens (tertiary/aromatic N) is 2. The Bertz CT molecular complexity index is 1900. The maximum atomic E-state index is 13.5. The summed E-state index contributed by atoms with van der Waals surface area (Å²) in [6.07, 6.45) is 4.01. The minimum absolute atomic E-state index is 0.0523. The fourth-order valence-electron chi connectivity index (χ4n) is 4.36. The summed E-state index contributed by atoms with van der Waals surface area (Å²) < 4.78 is 0. The molecule has 0 aliphatic carbocycles. The van der Waals surface area contributed by atoms with E-state index in [2.05, 4.69) is 26.9 Å². The standard InChI is InChI=1S/C32H21Cl4N5O2/c33-26-24(31-38-22-15-14-20(16-23(22)39-31)30(42)19-11-5-2-6-12-19)25(27(34)29(36)28(26)35)32(43)41-40-21(17-37)13-7-10-18-8-3-1-4-9-18/h1-12,14-16,21,40H,13H2,(H,38,39)(H,41,43)/b10-7+. The van der Waals surface area contributed by atoms with Gasteiger partial charge in [-0.1, -0.05) is 119 Å². The number of aromatic nitrogens is 2. The second-order valence-corrected chi connectivity index (χ2v) is 10.9. The number of benzene rings is 4. The highest BCUT2D eigenvalue weighted by atomic mass is 35.5. The second kappa shape index (κ2) is 13.4. The van der Waals surface area contributed by atoms with Gasteiger partial charge in [-0.2, -0.15) is 5.26 Å². The molecule has 1 aromatic heterocycles. The maximum Gasteiger partial charge on any atom is 0.267 e. The van der Waals surface area contributed by atoms with Crippen LogP contribution in [-0.2, 0) is 0 Å². The molecule has 5 rings (SSSR count). The van der Waals surface area contributed by atoms with Gasteiger partial charge in [0.1, 0.15) is 11.9 Å². The summed E-state index contributed by atoms with van der Waals surface area (Å²) in [4.78, 5) is 34.2. The second-order valence-electron chi connectivity index (χ2n) is 9.35. The van der Waals surface area contributed by atoms with Gasteiger partial charge in [0.15, 0.2) is 5.78 Å². The number of imidazole rings is 1. The van der Waals surface area contributed by atoms with Gasteiger partial charge in [-0.25, -0.2) is 10.4 Å². The van der Waals surface area contributed by atoms with Crippen LogP contribution in [0.25, 0.3) is 28.5 Å². The third-order valence-electron chi connectivity index (χ3n) is 6.51. The van der Waals surface area contributed by atoms with Crippen molar-refractivity contribution in [3.05, 3.63) is 127 Å². The molecular formula is C32H21Cl4N5O2. The van der Waals surface area contributed by atoms with E-state index in [0.717, 1.165) is 5.56 Å². The summed E-state index contributed by atoms with van der Waals surface area (Å²) in [5, 5.41) is 9.23. The van der Waals surface area contributed by atoms with Crippen molar-refractivity contribution in [3.8, 4) is 17.5 Å². The number of carbonyl (C=O) groups is 2. The van der Waals surface area contributed by atoms with E-state index < -0.39 is 11.9 Å². The molecule has 1 unspecified atom stereocenters. The Morgan fingerprint density at radius 2 is 1.56 bits per heavy atom. The van der Waals surface area contributed by atoms with Gasteiger partial charge in [-0.05, 0) is 30.2 Å². The quantitative estimate of drug-likeness (QED) is 0.0644. The van der Waals surface area contributed by atoms with Gasteiger partial charge >= 0.3 is 0 Å². The number of nitriles is 1. The molecule has 0 spiro atoms. The van der Waals surface area contributed by atoms with Gasteiger partial charge in [0.25, 0.3) is 5.91 Å². The largest absolute Gasteiger partial charge is 0.338 e. The van der Waals surface area contributed by atoms with Crippen LogP contribution >= 0.6 is 46.4 Å². The van der Waals surface area contributed by atoms with Crippen molar-refractivity contribution in [3.63, 3.8) is 0 Å². The van der Waals surface area contributed by atoms with Crippen LogP contribution in [0.4, 0.5) is 0 Å². The van der Waals surface area contributed by atoms with E-state index >= 15 is 0 Å². The summed E-state index contributed by atoms with van der Waals surface area (Å²) in [6, 6.07) is 24.8. The zero-order chi connectivity index (χ0) is 30.5. The Morgan fingerprint density at radius 3 is 2.26 bits per heavy atom. The SMILES string of the molecule is N#CC(C/C=C/c1ccccc1)NNC(=O)c1c(Cl)c(Cl)c(Cl)c(Cl)c1-c1nc2ccc(C(=O)c3ccccc3)cc2[nH]1. The van der Waals surface area contributed by atoms with Crippen LogP contribution in [0.1, 0.15) is 38.3 Å². The van der Waals surface area contributed by atoms with Crippen LogP contribution in [0.5, 0.6) is 0 Å². The average molecular weight is 649 g/mol. The molecule has 0 fully saturated rings. The van der Waals surface area contributed by atoms with E-state index in [0.29, 0.717) is 28.6 Å². The van der Waals surface area contributed by atoms with Crippen LogP contribution in [-0.4, -0.2) is 27.7 Å². The van der Waals surface area contributed by atoms with Crippen molar-refractivity contribution < 1.29 is 9.59 Å². The third-order valence-corrected chi connectivity index (χ3v) is 8.31. The zero-order valence-corrected chi connectivity index (χ0v) is 25.2. The lowest BCUT2D eigenvalue weighted by Gasteiger charge is -2.16. The third kappa shape index (κ3) is 6.60. The number of carbonyl (C=O) groups excluding carboxylic acids is 2. The van der Waals surface area contributed by atoms with Gasteiger partial charge < -0.3 is 4.98 Å². The van der Waals surface area contributed by atoms with Crippen LogP contribution in [0.2, 0.25) is 20.1 Å². The fourth-order valence-corrected chi connectivity index (χ4v) is 5.38. The highest BCUT2D eigenvalue weighted by Crippen LogP contribution is 2.45. The van der Waals surface area contributed by atoms with E-state index in [9.17, 15) is 14.9 Å². The fraction of sp³-hybridized carbons (Fsp3) is 0.0625. The first-order chi connectivity index (χ1) is 20.8. The summed E-state index contributed by atoms with van der Waals surface area (Å²) >= 11 is 25.8. The van der Waals surface area contributed by atoms with E-state index in [-0.39, 0.29) is 42.8 Å². The predicted molar refractivity (Wildman–Crippen MR) is 172 cm³/mol. The van der Waals surface area contributed by atoms with Crippen LogP contribution in [0, 0.1) is 11.3 Å². The first kappa shape index (κ1) is 30.3. The molecule has 5 aromatic rings. The van der Waals surface area contributed by atoms with E-state index in [4.69, 9.17) is 46.4 Å². The molecule has 0 aliphatic heterocycles. The molecule has 11 heteroatoms. The molecule has 0 bridgehead atoms. The van der Waals surface area contributed by atoms with Gasteiger partial charge in [0, 0.05) is 11.1 Å². The first-order valence-corrected chi connectivity index (χ1v) is 14.4. The topological polar surface area (TPSA) is 111 Å². The molecule has 0 aliphatic rings. The Morgan fingerprint density at radius 1 is 0.884 bits per heavy atom. The molecular weight excluding hydrogens is 628 g/mol. The summed E-state index contributed by atoms with van der Waals surface area (Å²) in [7, 11) is 0. The molecule has 43 heavy (non-hydrogen) atoms. The average Bonchev–Trinajstić information content (AvgIpc) is 3.46. The maximum absolute atomic E-state index is 13.5. The van der Waals surface area contributed by atoms with E-state index in [1.807, 2.05) is 48.6 Å². The normalized spacial score (nSPS) is 11.9. The van der Waals surface area contributed by atoms with Gasteiger partial charge in [-0.15, -0.1) is 0 Å². The summed E-state index contributed by atoms with van der Waals surface area (Å²) in [6.45, 7) is 0. The molecule has 1 atom stereocenters. The van der Waals surface area contributed by atoms with E-state index in [1.54, 1.807) is 42.5 Å². The number of amides is 1. The molecule has 1 heterocycles. The lowest BCUT2D eigenvalue weighted by atomic mass is 10.0. The van der Waals surface area contributed by atoms with Crippen LogP contribution in [0.3, 0.4) is 0 Å². The number of halogens is 4. The minimum Gasteiger partial charge on any atom is -0.338 e. The summed E-state index contributed by atoms with van der Waals surface area (Å²) in [5.41, 5.74) is 8.23.